The number of hydrogen-bond donors (Lipinski definition) is 1. The third-order valence-corrected chi connectivity index (χ3v) is 3.43. The summed E-state index contributed by atoms with van der Waals surface area (Å²) in [6.45, 7) is 2.20. The number of hydrogen-bond acceptors (Lipinski definition) is 3. The van der Waals surface area contributed by atoms with Gasteiger partial charge < -0.3 is 14.1 Å². The van der Waals surface area contributed by atoms with Gasteiger partial charge in [-0.1, -0.05) is 18.2 Å². The van der Waals surface area contributed by atoms with Crippen LogP contribution in [-0.4, -0.2) is 17.6 Å². The van der Waals surface area contributed by atoms with Gasteiger partial charge in [0.2, 0.25) is 0 Å². The van der Waals surface area contributed by atoms with Crippen molar-refractivity contribution in [2.24, 2.45) is 0 Å². The van der Waals surface area contributed by atoms with Gasteiger partial charge in [0, 0.05) is 16.6 Å². The van der Waals surface area contributed by atoms with Gasteiger partial charge in [-0.3, -0.25) is 4.79 Å². The van der Waals surface area contributed by atoms with E-state index in [-0.39, 0.29) is 12.4 Å². The second-order valence-electron chi connectivity index (χ2n) is 4.89. The van der Waals surface area contributed by atoms with Gasteiger partial charge in [0.15, 0.2) is 0 Å². The van der Waals surface area contributed by atoms with Crippen LogP contribution < -0.4 is 0 Å². The lowest BCUT2D eigenvalue weighted by Gasteiger charge is -2.02. The highest BCUT2D eigenvalue weighted by atomic mass is 16.5. The lowest BCUT2D eigenvalue weighted by Crippen LogP contribution is -2.07. The van der Waals surface area contributed by atoms with Crippen LogP contribution in [0.15, 0.2) is 47.1 Å². The highest BCUT2D eigenvalue weighted by Gasteiger charge is 2.13. The minimum absolute atomic E-state index is 0.222. The highest BCUT2D eigenvalue weighted by Crippen LogP contribution is 2.25. The fourth-order valence-electron chi connectivity index (χ4n) is 2.46. The molecule has 2 aromatic heterocycles. The Morgan fingerprint density at radius 3 is 2.86 bits per heavy atom. The summed E-state index contributed by atoms with van der Waals surface area (Å²) in [6, 6.07) is 11.6. The molecule has 0 aliphatic heterocycles. The third-order valence-electron chi connectivity index (χ3n) is 3.43. The summed E-state index contributed by atoms with van der Waals surface area (Å²) >= 11 is 0. The SMILES string of the molecule is CCOC(=O)Cc1c(/C=C/c2ccco2)[nH]c2ccccc12. The number of esters is 1. The van der Waals surface area contributed by atoms with Crippen LogP contribution in [0.3, 0.4) is 0 Å². The molecule has 0 bridgehead atoms. The van der Waals surface area contributed by atoms with Crippen LogP contribution in [-0.2, 0) is 16.0 Å². The molecule has 1 aromatic carbocycles. The first-order chi connectivity index (χ1) is 10.8. The number of rotatable bonds is 5. The maximum Gasteiger partial charge on any atom is 0.310 e. The van der Waals surface area contributed by atoms with E-state index in [1.165, 1.54) is 0 Å². The lowest BCUT2D eigenvalue weighted by atomic mass is 10.1. The van der Waals surface area contributed by atoms with Gasteiger partial charge in [0.25, 0.3) is 0 Å². The molecular weight excluding hydrogens is 278 g/mol. The number of carbonyl (C=O) groups is 1. The molecule has 4 nitrogen and oxygen atoms in total. The van der Waals surface area contributed by atoms with Crippen molar-refractivity contribution >= 4 is 29.0 Å². The molecule has 0 radical (unpaired) electrons. The second kappa shape index (κ2) is 6.35. The minimum atomic E-state index is -0.222. The number of para-hydroxylation sites is 1. The van der Waals surface area contributed by atoms with Gasteiger partial charge in [-0.25, -0.2) is 0 Å². The molecule has 0 atom stereocenters. The van der Waals surface area contributed by atoms with E-state index in [0.29, 0.717) is 6.61 Å². The lowest BCUT2D eigenvalue weighted by molar-refractivity contribution is -0.142. The van der Waals surface area contributed by atoms with Crippen LogP contribution in [0.2, 0.25) is 0 Å². The molecule has 1 N–H and O–H groups in total. The molecule has 0 amide bonds. The molecule has 3 rings (SSSR count). The molecule has 0 unspecified atom stereocenters. The van der Waals surface area contributed by atoms with Gasteiger partial charge in [-0.15, -0.1) is 0 Å². The van der Waals surface area contributed by atoms with Crippen molar-refractivity contribution in [1.29, 1.82) is 0 Å². The Morgan fingerprint density at radius 1 is 1.23 bits per heavy atom. The van der Waals surface area contributed by atoms with Crippen LogP contribution in [0, 0.1) is 0 Å². The largest absolute Gasteiger partial charge is 0.466 e. The number of fused-ring (bicyclic) bond motifs is 1. The fraction of sp³-hybridized carbons (Fsp3) is 0.167. The summed E-state index contributed by atoms with van der Waals surface area (Å²) in [7, 11) is 0. The van der Waals surface area contributed by atoms with E-state index in [4.69, 9.17) is 9.15 Å². The second-order valence-corrected chi connectivity index (χ2v) is 4.89. The quantitative estimate of drug-likeness (QED) is 0.723. The molecule has 0 spiro atoms. The molecule has 0 fully saturated rings. The number of H-pyrrole nitrogens is 1. The summed E-state index contributed by atoms with van der Waals surface area (Å²) < 4.78 is 10.4. The molecule has 0 aliphatic rings. The van der Waals surface area contributed by atoms with Crippen molar-refractivity contribution in [1.82, 2.24) is 4.98 Å². The van der Waals surface area contributed by atoms with Crippen LogP contribution in [0.4, 0.5) is 0 Å². The summed E-state index contributed by atoms with van der Waals surface area (Å²) in [4.78, 5) is 15.2. The molecule has 0 aliphatic carbocycles. The number of benzene rings is 1. The van der Waals surface area contributed by atoms with Crippen molar-refractivity contribution in [2.75, 3.05) is 6.61 Å². The van der Waals surface area contributed by atoms with Gasteiger partial charge >= 0.3 is 5.97 Å². The fourth-order valence-corrected chi connectivity index (χ4v) is 2.46. The minimum Gasteiger partial charge on any atom is -0.466 e. The molecule has 2 heterocycles. The first-order valence-corrected chi connectivity index (χ1v) is 7.24. The van der Waals surface area contributed by atoms with Crippen molar-refractivity contribution < 1.29 is 13.9 Å². The van der Waals surface area contributed by atoms with Gasteiger partial charge in [0.05, 0.1) is 19.3 Å². The Kier molecular flexibility index (Phi) is 4.10. The smallest absolute Gasteiger partial charge is 0.310 e. The third kappa shape index (κ3) is 2.96. The number of ether oxygens (including phenoxy) is 1. The number of carbonyl (C=O) groups excluding carboxylic acids is 1. The van der Waals surface area contributed by atoms with E-state index >= 15 is 0 Å². The van der Waals surface area contributed by atoms with Crippen molar-refractivity contribution in [3.8, 4) is 0 Å². The van der Waals surface area contributed by atoms with E-state index in [1.807, 2.05) is 55.5 Å². The number of aromatic nitrogens is 1. The summed E-state index contributed by atoms with van der Waals surface area (Å²) in [5.74, 6) is 0.542. The Balaban J connectivity index is 1.98. The molecule has 3 aromatic rings. The van der Waals surface area contributed by atoms with Crippen molar-refractivity contribution in [3.05, 3.63) is 59.7 Å². The van der Waals surface area contributed by atoms with E-state index in [2.05, 4.69) is 4.98 Å². The average molecular weight is 295 g/mol. The Labute approximate surface area is 128 Å². The summed E-state index contributed by atoms with van der Waals surface area (Å²) in [5.41, 5.74) is 2.84. The number of aromatic amines is 1. The maximum absolute atomic E-state index is 11.9. The first kappa shape index (κ1) is 14.2. The molecule has 4 heteroatoms. The summed E-state index contributed by atoms with van der Waals surface area (Å²) in [6.07, 6.45) is 5.67. The first-order valence-electron chi connectivity index (χ1n) is 7.24. The Morgan fingerprint density at radius 2 is 2.09 bits per heavy atom. The zero-order valence-corrected chi connectivity index (χ0v) is 12.3. The van der Waals surface area contributed by atoms with Gasteiger partial charge in [0.1, 0.15) is 5.76 Å². The molecule has 0 saturated heterocycles. The monoisotopic (exact) mass is 295 g/mol. The van der Waals surface area contributed by atoms with Crippen molar-refractivity contribution in [3.63, 3.8) is 0 Å². The van der Waals surface area contributed by atoms with Gasteiger partial charge in [-0.05, 0) is 42.8 Å². The molecule has 112 valence electrons. The van der Waals surface area contributed by atoms with Crippen LogP contribution in [0.5, 0.6) is 0 Å². The zero-order valence-electron chi connectivity index (χ0n) is 12.3. The number of nitrogens with one attached hydrogen (secondary N) is 1. The van der Waals surface area contributed by atoms with Gasteiger partial charge in [-0.2, -0.15) is 0 Å². The molecule has 22 heavy (non-hydrogen) atoms. The van der Waals surface area contributed by atoms with Crippen LogP contribution >= 0.6 is 0 Å². The molecule has 0 saturated carbocycles. The van der Waals surface area contributed by atoms with Crippen LogP contribution in [0.25, 0.3) is 23.1 Å². The summed E-state index contributed by atoms with van der Waals surface area (Å²) in [5, 5.41) is 1.04. The normalized spacial score (nSPS) is 11.3. The van der Waals surface area contributed by atoms with Crippen molar-refractivity contribution in [2.45, 2.75) is 13.3 Å². The zero-order chi connectivity index (χ0) is 15.4. The van der Waals surface area contributed by atoms with E-state index < -0.39 is 0 Å². The maximum atomic E-state index is 11.9. The van der Waals surface area contributed by atoms with E-state index in [1.54, 1.807) is 6.26 Å². The Bertz CT molecular complexity index is 797. The predicted molar refractivity (Wildman–Crippen MR) is 86.3 cm³/mol. The standard InChI is InChI=1S/C18H17NO3/c1-2-21-18(20)12-15-14-7-3-4-8-16(14)19-17(15)10-9-13-6-5-11-22-13/h3-11,19H,2,12H2,1H3/b10-9+. The van der Waals surface area contributed by atoms with Crippen LogP contribution in [0.1, 0.15) is 23.9 Å². The highest BCUT2D eigenvalue weighted by molar-refractivity contribution is 5.92. The Hall–Kier alpha value is -2.75. The molecular formula is C18H17NO3. The van der Waals surface area contributed by atoms with E-state index in [0.717, 1.165) is 27.9 Å². The topological polar surface area (TPSA) is 55.2 Å². The van der Waals surface area contributed by atoms with E-state index in [9.17, 15) is 4.79 Å². The average Bonchev–Trinajstić information content (AvgIpc) is 3.14. The number of furan rings is 1. The predicted octanol–water partition coefficient (Wildman–Crippen LogP) is 4.04.